The molecule has 1 saturated heterocycles. The molecule has 5 nitrogen and oxygen atoms in total. The van der Waals surface area contributed by atoms with E-state index in [-0.39, 0.29) is 11.5 Å². The Morgan fingerprint density at radius 2 is 2.05 bits per heavy atom. The molecule has 2 heterocycles. The lowest BCUT2D eigenvalue weighted by Crippen LogP contribution is -2.30. The zero-order chi connectivity index (χ0) is 14.9. The number of nitrogens with zero attached hydrogens (tertiary/aromatic N) is 3. The molecule has 3 rings (SSSR count). The lowest BCUT2D eigenvalue weighted by Gasteiger charge is -2.36. The second kappa shape index (κ2) is 6.05. The number of aromatic nitrogens is 2. The Morgan fingerprint density at radius 1 is 1.29 bits per heavy atom. The van der Waals surface area contributed by atoms with Crippen LogP contribution in [-0.2, 0) is 0 Å². The molecule has 1 saturated carbocycles. The number of hydrogen-bond donors (Lipinski definition) is 1. The highest BCUT2D eigenvalue weighted by molar-refractivity contribution is 5.04. The van der Waals surface area contributed by atoms with Gasteiger partial charge in [0.05, 0.1) is 6.04 Å². The Balaban J connectivity index is 1.67. The molecule has 1 aliphatic carbocycles. The average Bonchev–Trinajstić information content (AvgIpc) is 3.09. The van der Waals surface area contributed by atoms with Crippen LogP contribution in [0.4, 0.5) is 0 Å². The molecular formula is C16H28N4O. The van der Waals surface area contributed by atoms with Gasteiger partial charge in [0.1, 0.15) is 0 Å². The number of hydrogen-bond acceptors (Lipinski definition) is 5. The molecule has 0 amide bonds. The van der Waals surface area contributed by atoms with Crippen molar-refractivity contribution in [2.24, 2.45) is 11.1 Å². The van der Waals surface area contributed by atoms with E-state index in [1.54, 1.807) is 0 Å². The summed E-state index contributed by atoms with van der Waals surface area (Å²) in [4.78, 5) is 7.04. The Morgan fingerprint density at radius 3 is 2.76 bits per heavy atom. The van der Waals surface area contributed by atoms with Gasteiger partial charge in [-0.15, -0.1) is 0 Å². The van der Waals surface area contributed by atoms with Gasteiger partial charge in [0.2, 0.25) is 5.89 Å². The number of nitrogens with two attached hydrogens (primary N) is 1. The average molecular weight is 292 g/mol. The van der Waals surface area contributed by atoms with Gasteiger partial charge in [-0.25, -0.2) is 0 Å². The zero-order valence-electron chi connectivity index (χ0n) is 13.3. The van der Waals surface area contributed by atoms with Gasteiger partial charge in [0.25, 0.3) is 0 Å². The first-order chi connectivity index (χ1) is 10.1. The molecule has 2 aliphatic rings. The third kappa shape index (κ3) is 3.29. The van der Waals surface area contributed by atoms with E-state index in [9.17, 15) is 0 Å². The van der Waals surface area contributed by atoms with Crippen molar-refractivity contribution in [3.8, 4) is 0 Å². The first-order valence-corrected chi connectivity index (χ1v) is 8.38. The van der Waals surface area contributed by atoms with Crippen LogP contribution in [0, 0.1) is 5.41 Å². The Kier molecular flexibility index (Phi) is 4.31. The SMILES string of the molecule is CC1(C)CCCCC1c1nc(C(N)CN2CCCC2)no1. The molecule has 1 aromatic rings. The normalized spacial score (nSPS) is 27.9. The maximum Gasteiger partial charge on any atom is 0.230 e. The molecule has 5 heteroatoms. The van der Waals surface area contributed by atoms with Crippen LogP contribution in [0.15, 0.2) is 4.52 Å². The van der Waals surface area contributed by atoms with Crippen LogP contribution in [0.3, 0.4) is 0 Å². The van der Waals surface area contributed by atoms with Gasteiger partial charge < -0.3 is 15.2 Å². The smallest absolute Gasteiger partial charge is 0.230 e. The summed E-state index contributed by atoms with van der Waals surface area (Å²) in [5, 5.41) is 4.16. The zero-order valence-corrected chi connectivity index (χ0v) is 13.3. The van der Waals surface area contributed by atoms with Crippen LogP contribution in [0.2, 0.25) is 0 Å². The number of likely N-dealkylation sites (tertiary alicyclic amines) is 1. The molecule has 118 valence electrons. The van der Waals surface area contributed by atoms with Gasteiger partial charge in [0.15, 0.2) is 5.82 Å². The predicted molar refractivity (Wildman–Crippen MR) is 81.9 cm³/mol. The standard InChI is InChI=1S/C16H28N4O/c1-16(2)8-4-3-7-12(16)15-18-14(19-21-15)13(17)11-20-9-5-6-10-20/h12-13H,3-11,17H2,1-2H3. The lowest BCUT2D eigenvalue weighted by atomic mass is 9.69. The van der Waals surface area contributed by atoms with E-state index in [0.717, 1.165) is 31.9 Å². The van der Waals surface area contributed by atoms with Gasteiger partial charge in [-0.05, 0) is 44.2 Å². The van der Waals surface area contributed by atoms with E-state index in [0.29, 0.717) is 11.7 Å². The molecule has 2 atom stereocenters. The van der Waals surface area contributed by atoms with Gasteiger partial charge in [-0.1, -0.05) is 31.8 Å². The Hall–Kier alpha value is -0.940. The minimum Gasteiger partial charge on any atom is -0.339 e. The maximum absolute atomic E-state index is 6.26. The van der Waals surface area contributed by atoms with Crippen LogP contribution >= 0.6 is 0 Å². The minimum atomic E-state index is -0.132. The summed E-state index contributed by atoms with van der Waals surface area (Å²) in [7, 11) is 0. The highest BCUT2D eigenvalue weighted by Crippen LogP contribution is 2.46. The monoisotopic (exact) mass is 292 g/mol. The second-order valence-electron chi connectivity index (χ2n) is 7.39. The van der Waals surface area contributed by atoms with Crippen molar-refractivity contribution in [1.29, 1.82) is 0 Å². The van der Waals surface area contributed by atoms with E-state index in [1.807, 2.05) is 0 Å². The molecule has 2 unspecified atom stereocenters. The van der Waals surface area contributed by atoms with Gasteiger partial charge in [0, 0.05) is 12.5 Å². The Bertz CT molecular complexity index is 465. The van der Waals surface area contributed by atoms with E-state index >= 15 is 0 Å². The van der Waals surface area contributed by atoms with Crippen molar-refractivity contribution in [1.82, 2.24) is 15.0 Å². The molecule has 0 bridgehead atoms. The molecule has 2 fully saturated rings. The molecule has 1 aliphatic heterocycles. The summed E-state index contributed by atoms with van der Waals surface area (Å²) in [5.41, 5.74) is 6.51. The summed E-state index contributed by atoms with van der Waals surface area (Å²) in [6, 6.07) is -0.132. The first kappa shape index (κ1) is 15.0. The molecule has 0 spiro atoms. The van der Waals surface area contributed by atoms with Gasteiger partial charge in [-0.2, -0.15) is 4.98 Å². The summed E-state index contributed by atoms with van der Waals surface area (Å²) in [5.74, 6) is 1.86. The summed E-state index contributed by atoms with van der Waals surface area (Å²) >= 11 is 0. The van der Waals surface area contributed by atoms with Crippen LogP contribution < -0.4 is 5.73 Å². The largest absolute Gasteiger partial charge is 0.339 e. The molecule has 21 heavy (non-hydrogen) atoms. The molecule has 1 aromatic heterocycles. The predicted octanol–water partition coefficient (Wildman–Crippen LogP) is 2.85. The fourth-order valence-corrected chi connectivity index (χ4v) is 3.82. The van der Waals surface area contributed by atoms with Crippen molar-refractivity contribution >= 4 is 0 Å². The van der Waals surface area contributed by atoms with Crippen molar-refractivity contribution in [2.45, 2.75) is 64.3 Å². The van der Waals surface area contributed by atoms with E-state index in [4.69, 9.17) is 10.3 Å². The molecule has 2 N–H and O–H groups in total. The summed E-state index contributed by atoms with van der Waals surface area (Å²) < 4.78 is 5.57. The Labute approximate surface area is 127 Å². The third-order valence-corrected chi connectivity index (χ3v) is 5.25. The van der Waals surface area contributed by atoms with Crippen molar-refractivity contribution in [3.05, 3.63) is 11.7 Å². The van der Waals surface area contributed by atoms with Crippen LogP contribution in [-0.4, -0.2) is 34.7 Å². The van der Waals surface area contributed by atoms with E-state index in [2.05, 4.69) is 28.9 Å². The fraction of sp³-hybridized carbons (Fsp3) is 0.875. The van der Waals surface area contributed by atoms with Crippen LogP contribution in [0.25, 0.3) is 0 Å². The first-order valence-electron chi connectivity index (χ1n) is 8.38. The van der Waals surface area contributed by atoms with Crippen LogP contribution in [0.1, 0.15) is 76.0 Å². The van der Waals surface area contributed by atoms with Crippen molar-refractivity contribution in [3.63, 3.8) is 0 Å². The maximum atomic E-state index is 6.26. The third-order valence-electron chi connectivity index (χ3n) is 5.25. The summed E-state index contributed by atoms with van der Waals surface area (Å²) in [6.07, 6.45) is 7.50. The van der Waals surface area contributed by atoms with E-state index in [1.165, 1.54) is 32.1 Å². The topological polar surface area (TPSA) is 68.2 Å². The molecule has 0 aromatic carbocycles. The molecular weight excluding hydrogens is 264 g/mol. The highest BCUT2D eigenvalue weighted by atomic mass is 16.5. The van der Waals surface area contributed by atoms with Crippen molar-refractivity contribution < 1.29 is 4.52 Å². The summed E-state index contributed by atoms with van der Waals surface area (Å²) in [6.45, 7) is 7.75. The minimum absolute atomic E-state index is 0.132. The molecule has 0 radical (unpaired) electrons. The van der Waals surface area contributed by atoms with E-state index < -0.39 is 0 Å². The van der Waals surface area contributed by atoms with Gasteiger partial charge in [-0.3, -0.25) is 0 Å². The fourth-order valence-electron chi connectivity index (χ4n) is 3.82. The second-order valence-corrected chi connectivity index (χ2v) is 7.39. The quantitative estimate of drug-likeness (QED) is 0.924. The lowest BCUT2D eigenvalue weighted by molar-refractivity contribution is 0.164. The van der Waals surface area contributed by atoms with Gasteiger partial charge >= 0.3 is 0 Å². The number of rotatable bonds is 4. The highest BCUT2D eigenvalue weighted by Gasteiger charge is 2.37. The van der Waals surface area contributed by atoms with Crippen LogP contribution in [0.5, 0.6) is 0 Å². The van der Waals surface area contributed by atoms with Crippen molar-refractivity contribution in [2.75, 3.05) is 19.6 Å².